The first-order valence-electron chi connectivity index (χ1n) is 10.6. The molecule has 1 aromatic heterocycles. The van der Waals surface area contributed by atoms with Crippen LogP contribution in [0.3, 0.4) is 0 Å². The quantitative estimate of drug-likeness (QED) is 0.382. The minimum absolute atomic E-state index is 0.116. The van der Waals surface area contributed by atoms with E-state index in [9.17, 15) is 4.79 Å². The molecule has 0 aliphatic rings. The average Bonchev–Trinajstić information content (AvgIpc) is 3.08. The molecule has 0 spiro atoms. The van der Waals surface area contributed by atoms with Crippen molar-refractivity contribution in [1.82, 2.24) is 14.8 Å². The van der Waals surface area contributed by atoms with E-state index in [2.05, 4.69) is 55.1 Å². The lowest BCUT2D eigenvalue weighted by atomic mass is 9.88. The Morgan fingerprint density at radius 1 is 1.00 bits per heavy atom. The van der Waals surface area contributed by atoms with E-state index in [0.29, 0.717) is 41.1 Å². The third-order valence-corrected chi connectivity index (χ3v) is 5.40. The zero-order valence-electron chi connectivity index (χ0n) is 18.6. The summed E-state index contributed by atoms with van der Waals surface area (Å²) in [6, 6.07) is 13.8. The molecule has 0 radical (unpaired) electrons. The summed E-state index contributed by atoms with van der Waals surface area (Å²) in [5.41, 5.74) is 3.46. The number of Topliss-reactive ketones (excluding diaryl/α,β-unsaturated/α-hetero) is 1. The maximum atomic E-state index is 12.6. The number of benzene rings is 2. The molecule has 1 heterocycles. The maximum Gasteiger partial charge on any atom is 0.181 e. The molecule has 0 aliphatic carbocycles. The van der Waals surface area contributed by atoms with Crippen LogP contribution in [-0.2, 0) is 30.6 Å². The van der Waals surface area contributed by atoms with Crippen molar-refractivity contribution in [3.63, 3.8) is 0 Å². The minimum atomic E-state index is 0.116. The van der Waals surface area contributed by atoms with Crippen molar-refractivity contribution in [1.29, 1.82) is 0 Å². The molecule has 4 nitrogen and oxygen atoms in total. The lowest BCUT2D eigenvalue weighted by Crippen LogP contribution is -2.11. The van der Waals surface area contributed by atoms with Gasteiger partial charge in [0.25, 0.3) is 0 Å². The molecule has 0 fully saturated rings. The van der Waals surface area contributed by atoms with Gasteiger partial charge in [-0.15, -0.1) is 0 Å². The summed E-state index contributed by atoms with van der Waals surface area (Å²) in [5.74, 6) is 1.48. The normalized spacial score (nSPS) is 11.7. The van der Waals surface area contributed by atoms with Crippen LogP contribution in [0, 0.1) is 5.41 Å². The Bertz CT molecular complexity index is 1030. The first kappa shape index (κ1) is 23.5. The van der Waals surface area contributed by atoms with Gasteiger partial charge in [-0.25, -0.2) is 9.67 Å². The number of hydrogen-bond acceptors (Lipinski definition) is 3. The molecule has 0 amide bonds. The van der Waals surface area contributed by atoms with Gasteiger partial charge >= 0.3 is 0 Å². The third kappa shape index (κ3) is 6.91. The predicted octanol–water partition coefficient (Wildman–Crippen LogP) is 6.60. The Labute approximate surface area is 194 Å². The van der Waals surface area contributed by atoms with Crippen LogP contribution in [0.1, 0.15) is 51.1 Å². The Morgan fingerprint density at radius 2 is 1.65 bits per heavy atom. The molecule has 164 valence electrons. The zero-order valence-corrected chi connectivity index (χ0v) is 20.1. The van der Waals surface area contributed by atoms with Gasteiger partial charge in [0.15, 0.2) is 5.82 Å². The Balaban J connectivity index is 1.67. The van der Waals surface area contributed by atoms with Gasteiger partial charge in [0, 0.05) is 28.6 Å². The van der Waals surface area contributed by atoms with Crippen LogP contribution in [0.15, 0.2) is 42.5 Å². The number of aromatic nitrogens is 3. The van der Waals surface area contributed by atoms with Crippen LogP contribution in [0.4, 0.5) is 0 Å². The van der Waals surface area contributed by atoms with Gasteiger partial charge in [-0.3, -0.25) is 4.79 Å². The van der Waals surface area contributed by atoms with E-state index in [4.69, 9.17) is 23.2 Å². The number of hydrogen-bond donors (Lipinski definition) is 0. The molecule has 2 aromatic carbocycles. The number of carbonyl (C=O) groups is 1. The van der Waals surface area contributed by atoms with Gasteiger partial charge in [-0.2, -0.15) is 5.10 Å². The molecule has 3 aromatic rings. The number of carbonyl (C=O) groups excluding carboxylic acids is 1. The lowest BCUT2D eigenvalue weighted by Gasteiger charge is -2.17. The molecule has 0 bridgehead atoms. The fraction of sp³-hybridized carbons (Fsp3) is 0.400. The van der Waals surface area contributed by atoms with E-state index in [-0.39, 0.29) is 17.6 Å². The van der Waals surface area contributed by atoms with E-state index in [0.717, 1.165) is 17.5 Å². The molecule has 0 atom stereocenters. The summed E-state index contributed by atoms with van der Waals surface area (Å²) < 4.78 is 1.81. The topological polar surface area (TPSA) is 47.8 Å². The fourth-order valence-corrected chi connectivity index (χ4v) is 4.14. The van der Waals surface area contributed by atoms with Crippen molar-refractivity contribution in [2.24, 2.45) is 5.41 Å². The number of nitrogens with zero attached hydrogens (tertiary/aromatic N) is 3. The predicted molar refractivity (Wildman–Crippen MR) is 128 cm³/mol. The second-order valence-corrected chi connectivity index (χ2v) is 9.97. The second kappa shape index (κ2) is 9.97. The van der Waals surface area contributed by atoms with Crippen molar-refractivity contribution >= 4 is 29.0 Å². The van der Waals surface area contributed by atoms with Crippen molar-refractivity contribution in [2.45, 2.75) is 59.9 Å². The largest absolute Gasteiger partial charge is 0.299 e. The summed E-state index contributed by atoms with van der Waals surface area (Å²) in [7, 11) is 0. The zero-order chi connectivity index (χ0) is 22.6. The van der Waals surface area contributed by atoms with Gasteiger partial charge in [0.1, 0.15) is 11.6 Å². The van der Waals surface area contributed by atoms with Gasteiger partial charge in [0.2, 0.25) is 0 Å². The summed E-state index contributed by atoms with van der Waals surface area (Å²) in [4.78, 5) is 17.3. The fourth-order valence-electron chi connectivity index (χ4n) is 3.57. The van der Waals surface area contributed by atoms with Crippen molar-refractivity contribution in [3.8, 4) is 11.4 Å². The van der Waals surface area contributed by atoms with Crippen molar-refractivity contribution < 1.29 is 4.79 Å². The van der Waals surface area contributed by atoms with Crippen molar-refractivity contribution in [3.05, 3.63) is 69.5 Å². The summed E-state index contributed by atoms with van der Waals surface area (Å²) in [5, 5.41) is 5.78. The molecule has 0 aliphatic heterocycles. The SMILES string of the molecule is CCn1nc(-c2ccc(CC(C)(C)C)cc2)nc1CC(=O)CCc1cc(Cl)cc(Cl)c1. The number of ketones is 1. The maximum absolute atomic E-state index is 12.6. The van der Waals surface area contributed by atoms with E-state index >= 15 is 0 Å². The number of halogens is 2. The smallest absolute Gasteiger partial charge is 0.181 e. The van der Waals surface area contributed by atoms with Crippen LogP contribution < -0.4 is 0 Å². The molecule has 0 N–H and O–H groups in total. The highest BCUT2D eigenvalue weighted by atomic mass is 35.5. The Hall–Kier alpha value is -2.17. The molecular formula is C25H29Cl2N3O. The average molecular weight is 458 g/mol. The second-order valence-electron chi connectivity index (χ2n) is 9.09. The Kier molecular flexibility index (Phi) is 7.55. The van der Waals surface area contributed by atoms with Gasteiger partial charge < -0.3 is 0 Å². The molecule has 0 unspecified atom stereocenters. The van der Waals surface area contributed by atoms with Crippen molar-refractivity contribution in [2.75, 3.05) is 0 Å². The molecule has 0 saturated heterocycles. The van der Waals surface area contributed by atoms with E-state index in [1.54, 1.807) is 6.07 Å². The standard InChI is InChI=1S/C25H29Cl2N3O/c1-5-30-23(15-22(31)11-8-18-12-20(26)14-21(27)13-18)28-24(29-30)19-9-6-17(7-10-19)16-25(2,3)4/h6-7,9-10,12-14H,5,8,11,15-16H2,1-4H3. The third-order valence-electron chi connectivity index (χ3n) is 4.96. The van der Waals surface area contributed by atoms with E-state index in [1.807, 2.05) is 23.7 Å². The van der Waals surface area contributed by atoms with Crippen LogP contribution in [0.5, 0.6) is 0 Å². The molecule has 0 saturated carbocycles. The van der Waals surface area contributed by atoms with E-state index < -0.39 is 0 Å². The van der Waals surface area contributed by atoms with Crippen LogP contribution in [-0.4, -0.2) is 20.5 Å². The Morgan fingerprint density at radius 3 is 2.23 bits per heavy atom. The molecule has 6 heteroatoms. The van der Waals surface area contributed by atoms with Crippen LogP contribution in [0.25, 0.3) is 11.4 Å². The highest BCUT2D eigenvalue weighted by molar-refractivity contribution is 6.34. The first-order chi connectivity index (χ1) is 14.6. The summed E-state index contributed by atoms with van der Waals surface area (Å²) in [6.07, 6.45) is 2.28. The molecule has 31 heavy (non-hydrogen) atoms. The number of rotatable bonds is 8. The minimum Gasteiger partial charge on any atom is -0.299 e. The highest BCUT2D eigenvalue weighted by Crippen LogP contribution is 2.24. The summed E-state index contributed by atoms with van der Waals surface area (Å²) in [6.45, 7) is 9.37. The monoisotopic (exact) mass is 457 g/mol. The highest BCUT2D eigenvalue weighted by Gasteiger charge is 2.16. The van der Waals surface area contributed by atoms with E-state index in [1.165, 1.54) is 5.56 Å². The van der Waals surface area contributed by atoms with Crippen LogP contribution in [0.2, 0.25) is 10.0 Å². The number of aryl methyl sites for hydroxylation is 2. The van der Waals surface area contributed by atoms with Gasteiger partial charge in [-0.1, -0.05) is 68.2 Å². The van der Waals surface area contributed by atoms with Gasteiger partial charge in [0.05, 0.1) is 6.42 Å². The van der Waals surface area contributed by atoms with Crippen LogP contribution >= 0.6 is 23.2 Å². The lowest BCUT2D eigenvalue weighted by molar-refractivity contribution is -0.118. The first-order valence-corrected chi connectivity index (χ1v) is 11.4. The molecular weight excluding hydrogens is 429 g/mol. The summed E-state index contributed by atoms with van der Waals surface area (Å²) >= 11 is 12.1. The van der Waals surface area contributed by atoms with Gasteiger partial charge in [-0.05, 0) is 54.5 Å². The molecule has 3 rings (SSSR count).